The Balaban J connectivity index is 1.14. The van der Waals surface area contributed by atoms with Crippen LogP contribution in [0.5, 0.6) is 5.75 Å². The van der Waals surface area contributed by atoms with Gasteiger partial charge in [0, 0.05) is 38.0 Å². The van der Waals surface area contributed by atoms with Gasteiger partial charge in [-0.3, -0.25) is 5.32 Å². The number of sulfone groups is 1. The first-order valence-electron chi connectivity index (χ1n) is 12.0. The summed E-state index contributed by atoms with van der Waals surface area (Å²) >= 11 is 0. The lowest BCUT2D eigenvalue weighted by molar-refractivity contribution is 0.0838. The Labute approximate surface area is 203 Å². The van der Waals surface area contributed by atoms with Crippen LogP contribution in [0.15, 0.2) is 47.4 Å². The van der Waals surface area contributed by atoms with Gasteiger partial charge in [-0.1, -0.05) is 24.3 Å². The average molecular weight is 489 g/mol. The maximum Gasteiger partial charge on any atom is 0.175 e. The van der Waals surface area contributed by atoms with E-state index in [-0.39, 0.29) is 18.4 Å². The van der Waals surface area contributed by atoms with E-state index in [9.17, 15) is 13.5 Å². The van der Waals surface area contributed by atoms with E-state index in [4.69, 9.17) is 9.47 Å². The summed E-state index contributed by atoms with van der Waals surface area (Å²) in [6.07, 6.45) is 3.04. The number of hydrogen-bond acceptors (Lipinski definition) is 7. The van der Waals surface area contributed by atoms with Crippen LogP contribution in [0.1, 0.15) is 42.1 Å². The van der Waals surface area contributed by atoms with Crippen molar-refractivity contribution in [2.75, 3.05) is 32.4 Å². The lowest BCUT2D eigenvalue weighted by atomic mass is 10.1. The number of aliphatic hydroxyl groups excluding tert-OH is 1. The number of hydrogen-bond donors (Lipinski definition) is 2. The van der Waals surface area contributed by atoms with Gasteiger partial charge >= 0.3 is 0 Å². The van der Waals surface area contributed by atoms with Gasteiger partial charge in [0.25, 0.3) is 0 Å². The number of aliphatic hydroxyl groups is 1. The highest BCUT2D eigenvalue weighted by Crippen LogP contribution is 2.39. The zero-order chi connectivity index (χ0) is 24.3. The molecule has 0 radical (unpaired) electrons. The molecule has 0 spiro atoms. The van der Waals surface area contributed by atoms with Gasteiger partial charge in [-0.25, -0.2) is 8.42 Å². The molecule has 34 heavy (non-hydrogen) atoms. The molecule has 2 aliphatic heterocycles. The molecule has 2 N–H and O–H groups in total. The number of epoxide rings is 1. The maximum absolute atomic E-state index is 12.0. The molecule has 2 saturated heterocycles. The Hall–Kier alpha value is -1.97. The number of aryl methyl sites for hydroxylation is 2. The molecule has 0 saturated carbocycles. The first-order chi connectivity index (χ1) is 16.2. The zero-order valence-corrected chi connectivity index (χ0v) is 21.1. The van der Waals surface area contributed by atoms with Gasteiger partial charge < -0.3 is 19.5 Å². The van der Waals surface area contributed by atoms with Crippen molar-refractivity contribution in [1.82, 2.24) is 10.2 Å². The van der Waals surface area contributed by atoms with E-state index in [0.717, 1.165) is 38.2 Å². The van der Waals surface area contributed by atoms with Crippen LogP contribution in [0.25, 0.3) is 0 Å². The Morgan fingerprint density at radius 3 is 2.59 bits per heavy atom. The predicted octanol–water partition coefficient (Wildman–Crippen LogP) is 2.99. The molecule has 0 bridgehead atoms. The van der Waals surface area contributed by atoms with Crippen LogP contribution in [0, 0.1) is 13.8 Å². The smallest absolute Gasteiger partial charge is 0.175 e. The molecule has 2 aromatic rings. The molecule has 186 valence electrons. The first kappa shape index (κ1) is 25.1. The molecule has 0 aliphatic carbocycles. The SMILES string of the molecule is Cc1ccc(OC2CCN(CCC(O)CNC3OC3c3ccccc3S(C)(=O)=O)CC2)cc1C. The van der Waals surface area contributed by atoms with Crippen molar-refractivity contribution in [3.05, 3.63) is 59.2 Å². The van der Waals surface area contributed by atoms with Crippen molar-refractivity contribution in [2.24, 2.45) is 0 Å². The topological polar surface area (TPSA) is 91.4 Å². The molecule has 0 amide bonds. The van der Waals surface area contributed by atoms with Crippen molar-refractivity contribution in [3.63, 3.8) is 0 Å². The van der Waals surface area contributed by atoms with Crippen molar-refractivity contribution in [3.8, 4) is 5.75 Å². The number of nitrogens with zero attached hydrogens (tertiary/aromatic N) is 1. The van der Waals surface area contributed by atoms with E-state index >= 15 is 0 Å². The summed E-state index contributed by atoms with van der Waals surface area (Å²) in [5.41, 5.74) is 3.20. The first-order valence-corrected chi connectivity index (χ1v) is 13.9. The second-order valence-corrected chi connectivity index (χ2v) is 11.5. The van der Waals surface area contributed by atoms with Gasteiger partial charge in [0.2, 0.25) is 0 Å². The second kappa shape index (κ2) is 10.7. The summed E-state index contributed by atoms with van der Waals surface area (Å²) in [5.74, 6) is 0.947. The molecule has 3 atom stereocenters. The van der Waals surface area contributed by atoms with E-state index in [1.807, 2.05) is 12.1 Å². The minimum atomic E-state index is -3.31. The van der Waals surface area contributed by atoms with Crippen LogP contribution >= 0.6 is 0 Å². The predicted molar refractivity (Wildman–Crippen MR) is 132 cm³/mol. The summed E-state index contributed by atoms with van der Waals surface area (Å²) in [5, 5.41) is 13.6. The third-order valence-corrected chi connectivity index (χ3v) is 7.94. The van der Waals surface area contributed by atoms with E-state index in [0.29, 0.717) is 23.4 Å². The fourth-order valence-corrected chi connectivity index (χ4v) is 5.41. The Bertz CT molecular complexity index is 1080. The summed E-state index contributed by atoms with van der Waals surface area (Å²) in [7, 11) is -3.31. The number of ether oxygens (including phenoxy) is 2. The molecule has 7 nitrogen and oxygen atoms in total. The molecule has 3 unspecified atom stereocenters. The van der Waals surface area contributed by atoms with E-state index in [1.165, 1.54) is 17.4 Å². The van der Waals surface area contributed by atoms with Crippen LogP contribution in [0.4, 0.5) is 0 Å². The summed E-state index contributed by atoms with van der Waals surface area (Å²) in [6.45, 7) is 7.39. The molecule has 8 heteroatoms. The lowest BCUT2D eigenvalue weighted by Crippen LogP contribution is -2.40. The third-order valence-electron chi connectivity index (χ3n) is 6.77. The normalized spacial score (nSPS) is 22.5. The average Bonchev–Trinajstić information content (AvgIpc) is 3.59. The highest BCUT2D eigenvalue weighted by molar-refractivity contribution is 7.90. The number of likely N-dealkylation sites (tertiary alicyclic amines) is 1. The number of benzene rings is 2. The molecule has 2 aromatic carbocycles. The van der Waals surface area contributed by atoms with Crippen molar-refractivity contribution in [2.45, 2.75) is 62.5 Å². The number of rotatable bonds is 10. The van der Waals surface area contributed by atoms with Gasteiger partial charge in [0.1, 0.15) is 24.2 Å². The monoisotopic (exact) mass is 488 g/mol. The largest absolute Gasteiger partial charge is 0.490 e. The second-order valence-electron chi connectivity index (χ2n) is 9.54. The van der Waals surface area contributed by atoms with Gasteiger partial charge in [-0.05, 0) is 62.4 Å². The van der Waals surface area contributed by atoms with Gasteiger partial charge in [0.15, 0.2) is 9.84 Å². The Morgan fingerprint density at radius 2 is 1.88 bits per heavy atom. The standard InChI is InChI=1S/C26H36N2O5S/c1-18-8-9-22(16-19(18)2)32-21-11-14-28(15-12-21)13-10-20(29)17-27-26-25(33-26)23-6-4-5-7-24(23)34(3,30)31/h4-9,16,20-21,25-27,29H,10-15,17H2,1-3H3. The van der Waals surface area contributed by atoms with Crippen LogP contribution < -0.4 is 10.1 Å². The molecule has 2 aliphatic rings. The van der Waals surface area contributed by atoms with Crippen LogP contribution in [-0.2, 0) is 14.6 Å². The van der Waals surface area contributed by atoms with Crippen molar-refractivity contribution < 1.29 is 23.0 Å². The quantitative estimate of drug-likeness (QED) is 0.497. The highest BCUT2D eigenvalue weighted by atomic mass is 32.2. The van der Waals surface area contributed by atoms with Crippen molar-refractivity contribution >= 4 is 9.84 Å². The Morgan fingerprint density at radius 1 is 1.15 bits per heavy atom. The molecule has 2 heterocycles. The summed E-state index contributed by atoms with van der Waals surface area (Å²) in [6, 6.07) is 13.2. The fraction of sp³-hybridized carbons (Fsp3) is 0.538. The highest BCUT2D eigenvalue weighted by Gasteiger charge is 2.42. The Kier molecular flexibility index (Phi) is 7.94. The van der Waals surface area contributed by atoms with Gasteiger partial charge in [-0.2, -0.15) is 0 Å². The van der Waals surface area contributed by atoms with E-state index < -0.39 is 15.9 Å². The minimum absolute atomic E-state index is 0.240. The lowest BCUT2D eigenvalue weighted by Gasteiger charge is -2.32. The molecular formula is C26H36N2O5S. The van der Waals surface area contributed by atoms with Crippen LogP contribution in [-0.4, -0.2) is 69.3 Å². The van der Waals surface area contributed by atoms with Crippen molar-refractivity contribution in [1.29, 1.82) is 0 Å². The molecule has 0 aromatic heterocycles. The van der Waals surface area contributed by atoms with Gasteiger partial charge in [-0.15, -0.1) is 0 Å². The minimum Gasteiger partial charge on any atom is -0.490 e. The molecule has 2 fully saturated rings. The van der Waals surface area contributed by atoms with E-state index in [2.05, 4.69) is 36.2 Å². The summed E-state index contributed by atoms with van der Waals surface area (Å²) < 4.78 is 35.8. The zero-order valence-electron chi connectivity index (χ0n) is 20.2. The number of nitrogens with one attached hydrogen (secondary N) is 1. The molecular weight excluding hydrogens is 452 g/mol. The fourth-order valence-electron chi connectivity index (χ4n) is 4.47. The molecule has 4 rings (SSSR count). The van der Waals surface area contributed by atoms with Crippen LogP contribution in [0.3, 0.4) is 0 Å². The van der Waals surface area contributed by atoms with Gasteiger partial charge in [0.05, 0.1) is 11.0 Å². The third kappa shape index (κ3) is 6.58. The summed E-state index contributed by atoms with van der Waals surface area (Å²) in [4.78, 5) is 2.68. The van der Waals surface area contributed by atoms with Crippen LogP contribution in [0.2, 0.25) is 0 Å². The number of piperidine rings is 1. The maximum atomic E-state index is 12.0. The van der Waals surface area contributed by atoms with E-state index in [1.54, 1.807) is 18.2 Å².